The van der Waals surface area contributed by atoms with Crippen molar-refractivity contribution in [2.24, 2.45) is 0 Å². The number of hydrogen-bond donors (Lipinski definition) is 0. The Labute approximate surface area is 116 Å². The average molecular weight is 268 g/mol. The van der Waals surface area contributed by atoms with Crippen LogP contribution in [0.1, 0.15) is 11.1 Å². The van der Waals surface area contributed by atoms with E-state index in [0.717, 1.165) is 0 Å². The molecule has 2 rings (SSSR count). The summed E-state index contributed by atoms with van der Waals surface area (Å²) in [6.45, 7) is 0. The Kier molecular flexibility index (Phi) is 5.53. The first-order valence-corrected chi connectivity index (χ1v) is 4.64. The summed E-state index contributed by atoms with van der Waals surface area (Å²) in [6.07, 6.45) is 4.21. The van der Waals surface area contributed by atoms with Gasteiger partial charge >= 0.3 is 0 Å². The number of hydrogen-bond acceptors (Lipinski definition) is 0. The molecule has 0 bridgehead atoms. The standard InChI is InChI=1S/C14H11.Y/c1-3-7-13(8-4-1)11-12-14-9-5-2-6-10-14;/h1,3-12H;/q-1;/b12-11+;. The molecule has 1 heteroatoms. The molecule has 0 atom stereocenters. The first-order chi connectivity index (χ1) is 6.95. The molecule has 0 heterocycles. The van der Waals surface area contributed by atoms with Gasteiger partial charge in [0, 0.05) is 32.7 Å². The largest absolute Gasteiger partial charge is 0.184 e. The third-order valence-electron chi connectivity index (χ3n) is 2.01. The molecule has 0 unspecified atom stereocenters. The quantitative estimate of drug-likeness (QED) is 0.576. The summed E-state index contributed by atoms with van der Waals surface area (Å²) in [4.78, 5) is 0. The molecule has 0 nitrogen and oxygen atoms in total. The van der Waals surface area contributed by atoms with Crippen LogP contribution in [-0.4, -0.2) is 0 Å². The molecule has 0 saturated heterocycles. The van der Waals surface area contributed by atoms with Crippen LogP contribution in [0.4, 0.5) is 0 Å². The fourth-order valence-electron chi connectivity index (χ4n) is 1.27. The molecule has 0 aromatic heterocycles. The molecular weight excluding hydrogens is 257 g/mol. The van der Waals surface area contributed by atoms with E-state index in [1.54, 1.807) is 0 Å². The van der Waals surface area contributed by atoms with Crippen molar-refractivity contribution in [3.8, 4) is 0 Å². The van der Waals surface area contributed by atoms with E-state index in [2.05, 4.69) is 30.4 Å². The average Bonchev–Trinajstić information content (AvgIpc) is 2.29. The summed E-state index contributed by atoms with van der Waals surface area (Å²) in [5.74, 6) is 0. The topological polar surface area (TPSA) is 0 Å². The predicted molar refractivity (Wildman–Crippen MR) is 60.6 cm³/mol. The molecule has 0 aliphatic carbocycles. The van der Waals surface area contributed by atoms with Gasteiger partial charge in [0.05, 0.1) is 0 Å². The van der Waals surface area contributed by atoms with E-state index in [4.69, 9.17) is 0 Å². The molecule has 0 spiro atoms. The normalized spacial score (nSPS) is 9.87. The molecule has 0 amide bonds. The Morgan fingerprint density at radius 2 is 1.27 bits per heavy atom. The number of rotatable bonds is 2. The van der Waals surface area contributed by atoms with Crippen LogP contribution >= 0.6 is 0 Å². The van der Waals surface area contributed by atoms with Crippen LogP contribution in [0.15, 0.2) is 54.6 Å². The Bertz CT molecular complexity index is 362. The van der Waals surface area contributed by atoms with Crippen molar-refractivity contribution in [1.29, 1.82) is 0 Å². The van der Waals surface area contributed by atoms with Gasteiger partial charge in [0.2, 0.25) is 0 Å². The molecular formula is C14H11Y-. The van der Waals surface area contributed by atoms with Crippen molar-refractivity contribution in [3.63, 3.8) is 0 Å². The molecule has 0 aliphatic heterocycles. The first kappa shape index (κ1) is 12.4. The summed E-state index contributed by atoms with van der Waals surface area (Å²) in [5.41, 5.74) is 2.42. The van der Waals surface area contributed by atoms with Gasteiger partial charge < -0.3 is 0 Å². The van der Waals surface area contributed by atoms with E-state index in [-0.39, 0.29) is 32.7 Å². The van der Waals surface area contributed by atoms with Crippen LogP contribution in [0, 0.1) is 6.07 Å². The van der Waals surface area contributed by atoms with Crippen molar-refractivity contribution in [1.82, 2.24) is 0 Å². The monoisotopic (exact) mass is 268 g/mol. The Morgan fingerprint density at radius 1 is 0.733 bits per heavy atom. The summed E-state index contributed by atoms with van der Waals surface area (Å²) in [6, 6.07) is 21.2. The van der Waals surface area contributed by atoms with Crippen molar-refractivity contribution >= 4 is 12.2 Å². The van der Waals surface area contributed by atoms with Crippen LogP contribution in [-0.2, 0) is 32.7 Å². The summed E-state index contributed by atoms with van der Waals surface area (Å²) < 4.78 is 0. The Hall–Kier alpha value is -0.716. The van der Waals surface area contributed by atoms with Crippen molar-refractivity contribution in [2.75, 3.05) is 0 Å². The van der Waals surface area contributed by atoms with Crippen LogP contribution in [0.3, 0.4) is 0 Å². The van der Waals surface area contributed by atoms with Gasteiger partial charge in [0.25, 0.3) is 0 Å². The molecule has 15 heavy (non-hydrogen) atoms. The maximum atomic E-state index is 3.00. The zero-order valence-corrected chi connectivity index (χ0v) is 11.3. The van der Waals surface area contributed by atoms with Gasteiger partial charge in [-0.1, -0.05) is 42.5 Å². The Balaban J connectivity index is 0.00000112. The van der Waals surface area contributed by atoms with E-state index < -0.39 is 0 Å². The summed E-state index contributed by atoms with van der Waals surface area (Å²) >= 11 is 0. The van der Waals surface area contributed by atoms with Gasteiger partial charge in [-0.05, 0) is 5.56 Å². The van der Waals surface area contributed by atoms with Crippen LogP contribution in [0.25, 0.3) is 12.2 Å². The van der Waals surface area contributed by atoms with Crippen LogP contribution in [0.2, 0.25) is 0 Å². The van der Waals surface area contributed by atoms with Crippen molar-refractivity contribution in [2.45, 2.75) is 0 Å². The SMILES string of the molecule is [Y].[c-]1ccc(/C=C/c2ccccc2)cc1. The molecule has 0 N–H and O–H groups in total. The van der Waals surface area contributed by atoms with Gasteiger partial charge in [-0.15, -0.1) is 5.56 Å². The summed E-state index contributed by atoms with van der Waals surface area (Å²) in [5, 5.41) is 0. The molecule has 1 radical (unpaired) electrons. The van der Waals surface area contributed by atoms with E-state index in [0.29, 0.717) is 0 Å². The minimum Gasteiger partial charge on any atom is -0.184 e. The predicted octanol–water partition coefficient (Wildman–Crippen LogP) is 3.65. The molecule has 71 valence electrons. The second kappa shape index (κ2) is 6.71. The molecule has 2 aromatic rings. The van der Waals surface area contributed by atoms with E-state index >= 15 is 0 Å². The maximum absolute atomic E-state index is 3.00. The van der Waals surface area contributed by atoms with Crippen molar-refractivity contribution < 1.29 is 32.7 Å². The zero-order valence-electron chi connectivity index (χ0n) is 8.43. The van der Waals surface area contributed by atoms with Crippen molar-refractivity contribution in [3.05, 3.63) is 71.8 Å². The molecule has 0 fully saturated rings. The van der Waals surface area contributed by atoms with Crippen LogP contribution < -0.4 is 0 Å². The molecule has 2 aromatic carbocycles. The van der Waals surface area contributed by atoms with Crippen LogP contribution in [0.5, 0.6) is 0 Å². The second-order valence-electron chi connectivity index (χ2n) is 3.08. The van der Waals surface area contributed by atoms with Gasteiger partial charge in [-0.2, -0.15) is 30.3 Å². The van der Waals surface area contributed by atoms with Gasteiger partial charge in [0.15, 0.2) is 0 Å². The third-order valence-corrected chi connectivity index (χ3v) is 2.01. The van der Waals surface area contributed by atoms with E-state index in [9.17, 15) is 0 Å². The van der Waals surface area contributed by atoms with Gasteiger partial charge in [0.1, 0.15) is 0 Å². The Morgan fingerprint density at radius 3 is 1.87 bits per heavy atom. The fraction of sp³-hybridized carbons (Fsp3) is 0. The minimum atomic E-state index is 0. The zero-order chi connectivity index (χ0) is 9.64. The maximum Gasteiger partial charge on any atom is 0 e. The molecule has 0 saturated carbocycles. The minimum absolute atomic E-state index is 0. The fourth-order valence-corrected chi connectivity index (χ4v) is 1.27. The van der Waals surface area contributed by atoms with Gasteiger partial charge in [-0.3, -0.25) is 0 Å². The smallest absolute Gasteiger partial charge is 0 e. The molecule has 0 aliphatic rings. The second-order valence-corrected chi connectivity index (χ2v) is 3.08. The summed E-state index contributed by atoms with van der Waals surface area (Å²) in [7, 11) is 0. The van der Waals surface area contributed by atoms with E-state index in [1.807, 2.05) is 42.5 Å². The van der Waals surface area contributed by atoms with E-state index in [1.165, 1.54) is 11.1 Å². The van der Waals surface area contributed by atoms with Gasteiger partial charge in [-0.25, -0.2) is 0 Å². The first-order valence-electron chi connectivity index (χ1n) is 4.64. The number of benzene rings is 2. The third kappa shape index (κ3) is 4.11.